The molecule has 0 aromatic carbocycles. The van der Waals surface area contributed by atoms with Crippen LogP contribution in [0.5, 0.6) is 0 Å². The Morgan fingerprint density at radius 3 is 2.87 bits per heavy atom. The van der Waals surface area contributed by atoms with E-state index in [4.69, 9.17) is 0 Å². The number of nitrogens with one attached hydrogen (secondary N) is 2. The van der Waals surface area contributed by atoms with E-state index in [1.807, 2.05) is 13.8 Å². The Morgan fingerprint density at radius 1 is 1.35 bits per heavy atom. The lowest BCUT2D eigenvalue weighted by Crippen LogP contribution is -2.26. The molecule has 0 radical (unpaired) electrons. The van der Waals surface area contributed by atoms with Gasteiger partial charge in [-0.1, -0.05) is 6.92 Å². The van der Waals surface area contributed by atoms with Crippen molar-refractivity contribution in [2.24, 2.45) is 7.05 Å². The zero-order valence-electron chi connectivity index (χ0n) is 13.1. The van der Waals surface area contributed by atoms with Gasteiger partial charge >= 0.3 is 0 Å². The number of carbonyl (C=O) groups excluding carboxylic acids is 1. The molecule has 3 heterocycles. The maximum absolute atomic E-state index is 12.4. The van der Waals surface area contributed by atoms with Crippen molar-refractivity contribution in [2.75, 3.05) is 5.32 Å². The summed E-state index contributed by atoms with van der Waals surface area (Å²) < 4.78 is 2.92. The molecule has 0 spiro atoms. The van der Waals surface area contributed by atoms with Gasteiger partial charge in [-0.15, -0.1) is 0 Å². The third-order valence-electron chi connectivity index (χ3n) is 3.49. The van der Waals surface area contributed by atoms with Crippen LogP contribution < -0.4 is 10.9 Å². The topological polar surface area (TPSA) is 110 Å². The first kappa shape index (κ1) is 14.9. The molecule has 3 aromatic heterocycles. The molecule has 0 aliphatic carbocycles. The van der Waals surface area contributed by atoms with E-state index in [9.17, 15) is 9.59 Å². The summed E-state index contributed by atoms with van der Waals surface area (Å²) in [5.41, 5.74) is 1.36. The smallest absolute Gasteiger partial charge is 0.277 e. The van der Waals surface area contributed by atoms with Crippen LogP contribution in [0.25, 0.3) is 11.0 Å². The standard InChI is InChI=1S/C14H17N7O2/c1-4-7-21-10(22)6-5-9(19-21)14(23)15-12-11-8(2)18-20(3)13(11)17-16-12/h5-6H,4,7H2,1-3H3,(H2,15,16,17,23). The zero-order chi connectivity index (χ0) is 16.6. The van der Waals surface area contributed by atoms with Crippen LogP contribution >= 0.6 is 0 Å². The number of carbonyl (C=O) groups is 1. The number of hydrogen-bond acceptors (Lipinski definition) is 5. The van der Waals surface area contributed by atoms with Crippen LogP contribution in [0.4, 0.5) is 5.82 Å². The van der Waals surface area contributed by atoms with Crippen molar-refractivity contribution in [3.05, 3.63) is 33.9 Å². The lowest BCUT2D eigenvalue weighted by atomic mass is 10.3. The van der Waals surface area contributed by atoms with Crippen molar-refractivity contribution in [1.29, 1.82) is 0 Å². The fourth-order valence-corrected chi connectivity index (χ4v) is 2.44. The van der Waals surface area contributed by atoms with Crippen LogP contribution in [-0.4, -0.2) is 35.7 Å². The maximum atomic E-state index is 12.4. The highest BCUT2D eigenvalue weighted by Crippen LogP contribution is 2.23. The lowest BCUT2D eigenvalue weighted by Gasteiger charge is -2.06. The average Bonchev–Trinajstić information content (AvgIpc) is 3.04. The highest BCUT2D eigenvalue weighted by atomic mass is 16.2. The lowest BCUT2D eigenvalue weighted by molar-refractivity contribution is 0.101. The minimum absolute atomic E-state index is 0.169. The fraction of sp³-hybridized carbons (Fsp3) is 0.357. The molecule has 9 nitrogen and oxygen atoms in total. The molecule has 23 heavy (non-hydrogen) atoms. The molecule has 0 saturated heterocycles. The van der Waals surface area contributed by atoms with Crippen LogP contribution in [0.2, 0.25) is 0 Å². The van der Waals surface area contributed by atoms with E-state index >= 15 is 0 Å². The summed E-state index contributed by atoms with van der Waals surface area (Å²) in [5.74, 6) is 0.0503. The summed E-state index contributed by atoms with van der Waals surface area (Å²) in [6.07, 6.45) is 0.758. The number of aryl methyl sites for hydroxylation is 3. The van der Waals surface area contributed by atoms with Crippen LogP contribution in [-0.2, 0) is 13.6 Å². The van der Waals surface area contributed by atoms with Crippen LogP contribution in [0.15, 0.2) is 16.9 Å². The van der Waals surface area contributed by atoms with Crippen molar-refractivity contribution in [1.82, 2.24) is 29.8 Å². The van der Waals surface area contributed by atoms with Crippen molar-refractivity contribution in [3.8, 4) is 0 Å². The van der Waals surface area contributed by atoms with E-state index in [-0.39, 0.29) is 11.3 Å². The first-order valence-corrected chi connectivity index (χ1v) is 7.28. The SMILES string of the molecule is CCCn1nc(C(=O)Nc2[nH]nc3c2c(C)nn3C)ccc1=O. The Balaban J connectivity index is 1.92. The van der Waals surface area contributed by atoms with E-state index in [1.54, 1.807) is 11.7 Å². The normalized spacial score (nSPS) is 11.1. The molecule has 3 aromatic rings. The van der Waals surface area contributed by atoms with Crippen LogP contribution in [0.3, 0.4) is 0 Å². The van der Waals surface area contributed by atoms with E-state index in [0.29, 0.717) is 18.0 Å². The summed E-state index contributed by atoms with van der Waals surface area (Å²) in [4.78, 5) is 24.0. The monoisotopic (exact) mass is 315 g/mol. The summed E-state index contributed by atoms with van der Waals surface area (Å²) in [6.45, 7) is 4.25. The Kier molecular flexibility index (Phi) is 3.68. The number of hydrogen-bond donors (Lipinski definition) is 2. The van der Waals surface area contributed by atoms with Gasteiger partial charge in [0.15, 0.2) is 5.65 Å². The van der Waals surface area contributed by atoms with Crippen molar-refractivity contribution in [3.63, 3.8) is 0 Å². The average molecular weight is 315 g/mol. The number of fused-ring (bicyclic) bond motifs is 1. The zero-order valence-corrected chi connectivity index (χ0v) is 13.1. The fourth-order valence-electron chi connectivity index (χ4n) is 2.44. The largest absolute Gasteiger partial charge is 0.305 e. The second kappa shape index (κ2) is 5.67. The molecule has 120 valence electrons. The minimum atomic E-state index is -0.413. The van der Waals surface area contributed by atoms with Gasteiger partial charge in [0.05, 0.1) is 11.1 Å². The van der Waals surface area contributed by atoms with Gasteiger partial charge in [0.2, 0.25) is 0 Å². The third-order valence-corrected chi connectivity index (χ3v) is 3.49. The number of nitrogens with zero attached hydrogens (tertiary/aromatic N) is 5. The summed E-state index contributed by atoms with van der Waals surface area (Å²) >= 11 is 0. The number of aromatic nitrogens is 6. The molecular formula is C14H17N7O2. The van der Waals surface area contributed by atoms with Gasteiger partial charge in [0.25, 0.3) is 11.5 Å². The van der Waals surface area contributed by atoms with E-state index in [1.165, 1.54) is 16.8 Å². The molecule has 1 amide bonds. The second-order valence-electron chi connectivity index (χ2n) is 5.24. The number of aromatic amines is 1. The van der Waals surface area contributed by atoms with Crippen molar-refractivity contribution >= 4 is 22.8 Å². The van der Waals surface area contributed by atoms with Crippen molar-refractivity contribution < 1.29 is 4.79 Å². The number of H-pyrrole nitrogens is 1. The van der Waals surface area contributed by atoms with Crippen molar-refractivity contribution in [2.45, 2.75) is 26.8 Å². The molecule has 9 heteroatoms. The molecule has 0 aliphatic heterocycles. The molecule has 0 fully saturated rings. The summed E-state index contributed by atoms with van der Waals surface area (Å²) in [6, 6.07) is 2.75. The second-order valence-corrected chi connectivity index (χ2v) is 5.24. The predicted molar refractivity (Wildman–Crippen MR) is 84.3 cm³/mol. The number of rotatable bonds is 4. The van der Waals surface area contributed by atoms with Gasteiger partial charge in [0, 0.05) is 19.7 Å². The first-order chi connectivity index (χ1) is 11.0. The molecule has 0 unspecified atom stereocenters. The van der Waals surface area contributed by atoms with E-state index in [2.05, 4.69) is 25.7 Å². The summed E-state index contributed by atoms with van der Waals surface area (Å²) in [5, 5.41) is 18.8. The minimum Gasteiger partial charge on any atom is -0.305 e. The molecule has 3 rings (SSSR count). The van der Waals surface area contributed by atoms with Crippen LogP contribution in [0.1, 0.15) is 29.5 Å². The third kappa shape index (κ3) is 2.60. The van der Waals surface area contributed by atoms with Crippen LogP contribution in [0, 0.1) is 6.92 Å². The molecule has 0 bridgehead atoms. The Morgan fingerprint density at radius 2 is 2.13 bits per heavy atom. The van der Waals surface area contributed by atoms with Gasteiger partial charge < -0.3 is 5.32 Å². The Bertz CT molecular complexity index is 934. The quantitative estimate of drug-likeness (QED) is 0.740. The van der Waals surface area contributed by atoms with Gasteiger partial charge in [-0.25, -0.2) is 9.36 Å². The highest BCUT2D eigenvalue weighted by molar-refractivity contribution is 6.06. The molecule has 2 N–H and O–H groups in total. The Labute approximate surface area is 131 Å². The number of amides is 1. The summed E-state index contributed by atoms with van der Waals surface area (Å²) in [7, 11) is 1.78. The first-order valence-electron chi connectivity index (χ1n) is 7.28. The van der Waals surface area contributed by atoms with Gasteiger partial charge in [-0.3, -0.25) is 14.7 Å². The van der Waals surface area contributed by atoms with E-state index < -0.39 is 5.91 Å². The Hall–Kier alpha value is -2.97. The predicted octanol–water partition coefficient (Wildman–Crippen LogP) is 0.824. The molecule has 0 atom stereocenters. The highest BCUT2D eigenvalue weighted by Gasteiger charge is 2.17. The molecule has 0 saturated carbocycles. The van der Waals surface area contributed by atoms with E-state index in [0.717, 1.165) is 17.5 Å². The van der Waals surface area contributed by atoms with Gasteiger partial charge in [-0.2, -0.15) is 15.3 Å². The van der Waals surface area contributed by atoms with Gasteiger partial charge in [-0.05, 0) is 19.4 Å². The maximum Gasteiger partial charge on any atom is 0.277 e. The number of anilines is 1. The molecular weight excluding hydrogens is 298 g/mol. The van der Waals surface area contributed by atoms with Gasteiger partial charge in [0.1, 0.15) is 11.5 Å². The molecule has 0 aliphatic rings.